The number of unbranched alkanes of at least 4 members (excludes halogenated alkanes) is 5. The van der Waals surface area contributed by atoms with E-state index in [4.69, 9.17) is 9.47 Å². The molecule has 0 saturated carbocycles. The zero-order chi connectivity index (χ0) is 21.4. The highest BCUT2D eigenvalue weighted by molar-refractivity contribution is 5.72. The van der Waals surface area contributed by atoms with E-state index < -0.39 is 34.8 Å². The van der Waals surface area contributed by atoms with Crippen LogP contribution in [0, 0.1) is 0 Å². The van der Waals surface area contributed by atoms with E-state index in [1.807, 2.05) is 0 Å². The molecule has 2 heterocycles. The average molecular weight is 401 g/mol. The molecule has 2 aliphatic heterocycles. The van der Waals surface area contributed by atoms with Crippen molar-refractivity contribution in [2.75, 3.05) is 13.1 Å². The van der Waals surface area contributed by atoms with E-state index in [-0.39, 0.29) is 0 Å². The molecule has 0 aromatic rings. The molecule has 0 spiro atoms. The van der Waals surface area contributed by atoms with Crippen LogP contribution in [0.3, 0.4) is 0 Å². The van der Waals surface area contributed by atoms with Gasteiger partial charge in [0.2, 0.25) is 0 Å². The Bertz CT molecular complexity index is 548. The Balaban J connectivity index is 1.62. The second-order valence-corrected chi connectivity index (χ2v) is 9.22. The van der Waals surface area contributed by atoms with Gasteiger partial charge in [0.05, 0.1) is 0 Å². The summed E-state index contributed by atoms with van der Waals surface area (Å²) in [5.74, 6) is 0. The van der Waals surface area contributed by atoms with E-state index >= 15 is 0 Å². The van der Waals surface area contributed by atoms with E-state index in [0.29, 0.717) is 13.1 Å². The molecular weight excluding hydrogens is 364 g/mol. The predicted octanol–water partition coefficient (Wildman–Crippen LogP) is 3.21. The van der Waals surface area contributed by atoms with Crippen molar-refractivity contribution >= 4 is 12.2 Å². The second kappa shape index (κ2) is 7.71. The summed E-state index contributed by atoms with van der Waals surface area (Å²) in [5.41, 5.74) is -4.45. The lowest BCUT2D eigenvalue weighted by atomic mass is 9.95. The number of hydrogen-bond donors (Lipinski definition) is 2. The van der Waals surface area contributed by atoms with Crippen LogP contribution >= 0.6 is 0 Å². The predicted molar refractivity (Wildman–Crippen MR) is 103 cm³/mol. The summed E-state index contributed by atoms with van der Waals surface area (Å²) in [6.45, 7) is 11.0. The van der Waals surface area contributed by atoms with Crippen LogP contribution in [0.2, 0.25) is 0 Å². The molecule has 0 bridgehead atoms. The highest BCUT2D eigenvalue weighted by Crippen LogP contribution is 2.38. The number of carbonyl (C=O) groups is 2. The molecule has 0 aromatic heterocycles. The van der Waals surface area contributed by atoms with Gasteiger partial charge in [-0.2, -0.15) is 0 Å². The fraction of sp³-hybridized carbons (Fsp3) is 0.900. The smallest absolute Gasteiger partial charge is 0.412 e. The molecule has 2 unspecified atom stereocenters. The van der Waals surface area contributed by atoms with Gasteiger partial charge in [-0.1, -0.05) is 25.7 Å². The van der Waals surface area contributed by atoms with Crippen LogP contribution in [-0.4, -0.2) is 67.9 Å². The molecule has 162 valence electrons. The summed E-state index contributed by atoms with van der Waals surface area (Å²) in [7, 11) is 0. The molecule has 2 saturated heterocycles. The third-order valence-electron chi connectivity index (χ3n) is 6.47. The third-order valence-corrected chi connectivity index (χ3v) is 6.47. The maximum absolute atomic E-state index is 11.9. The van der Waals surface area contributed by atoms with Crippen LogP contribution in [0.15, 0.2) is 0 Å². The molecule has 2 aliphatic rings. The summed E-state index contributed by atoms with van der Waals surface area (Å²) >= 11 is 0. The molecule has 2 N–H and O–H groups in total. The van der Waals surface area contributed by atoms with Crippen LogP contribution in [0.25, 0.3) is 0 Å². The Hall–Kier alpha value is -1.54. The molecule has 0 radical (unpaired) electrons. The second-order valence-electron chi connectivity index (χ2n) is 9.22. The van der Waals surface area contributed by atoms with Crippen LogP contribution in [-0.2, 0) is 9.47 Å². The fourth-order valence-corrected chi connectivity index (χ4v) is 3.61. The minimum Gasteiger partial charge on any atom is -0.438 e. The summed E-state index contributed by atoms with van der Waals surface area (Å²) in [4.78, 5) is 26.7. The Labute approximate surface area is 167 Å². The molecular formula is C20H36N2O6. The Morgan fingerprint density at radius 3 is 1.18 bits per heavy atom. The Kier molecular flexibility index (Phi) is 6.26. The van der Waals surface area contributed by atoms with Gasteiger partial charge in [0.1, 0.15) is 0 Å². The normalized spacial score (nSPS) is 31.3. The molecule has 28 heavy (non-hydrogen) atoms. The first-order chi connectivity index (χ1) is 12.7. The van der Waals surface area contributed by atoms with Gasteiger partial charge < -0.3 is 19.7 Å². The topological polar surface area (TPSA) is 99.5 Å². The van der Waals surface area contributed by atoms with E-state index in [1.54, 1.807) is 41.5 Å². The van der Waals surface area contributed by atoms with E-state index in [2.05, 4.69) is 0 Å². The molecule has 2 atom stereocenters. The number of cyclic esters (lactones) is 2. The van der Waals surface area contributed by atoms with Gasteiger partial charge in [-0.15, -0.1) is 0 Å². The number of hydrogen-bond acceptors (Lipinski definition) is 6. The van der Waals surface area contributed by atoms with Crippen molar-refractivity contribution in [1.29, 1.82) is 0 Å². The molecule has 2 amide bonds. The zero-order valence-electron chi connectivity index (χ0n) is 18.1. The van der Waals surface area contributed by atoms with Crippen molar-refractivity contribution in [3.8, 4) is 0 Å². The number of carbonyl (C=O) groups excluding carboxylic acids is 2. The van der Waals surface area contributed by atoms with E-state index in [0.717, 1.165) is 38.5 Å². The lowest BCUT2D eigenvalue weighted by Gasteiger charge is -2.35. The molecule has 0 aromatic carbocycles. The van der Waals surface area contributed by atoms with E-state index in [9.17, 15) is 19.8 Å². The quantitative estimate of drug-likeness (QED) is 0.577. The van der Waals surface area contributed by atoms with Crippen molar-refractivity contribution in [2.45, 2.75) is 103 Å². The van der Waals surface area contributed by atoms with E-state index in [1.165, 1.54) is 9.80 Å². The number of ether oxygens (including phenoxy) is 2. The highest BCUT2D eigenvalue weighted by Gasteiger charge is 2.57. The minimum absolute atomic E-state index is 0.465. The molecule has 8 heteroatoms. The Morgan fingerprint density at radius 2 is 0.929 bits per heavy atom. The van der Waals surface area contributed by atoms with Gasteiger partial charge >= 0.3 is 12.2 Å². The van der Waals surface area contributed by atoms with Gasteiger partial charge in [-0.25, -0.2) is 9.59 Å². The van der Waals surface area contributed by atoms with Crippen LogP contribution in [0.5, 0.6) is 0 Å². The van der Waals surface area contributed by atoms with Gasteiger partial charge in [0.15, 0.2) is 22.7 Å². The summed E-state index contributed by atoms with van der Waals surface area (Å²) in [6, 6.07) is 0. The largest absolute Gasteiger partial charge is 0.438 e. The summed E-state index contributed by atoms with van der Waals surface area (Å²) in [5, 5.41) is 21.1. The molecule has 2 fully saturated rings. The van der Waals surface area contributed by atoms with Gasteiger partial charge in [-0.05, 0) is 54.4 Å². The fourth-order valence-electron chi connectivity index (χ4n) is 3.61. The lowest BCUT2D eigenvalue weighted by Crippen LogP contribution is -2.53. The summed E-state index contributed by atoms with van der Waals surface area (Å²) < 4.78 is 10.5. The van der Waals surface area contributed by atoms with Crippen LogP contribution < -0.4 is 0 Å². The van der Waals surface area contributed by atoms with Crippen molar-refractivity contribution in [3.63, 3.8) is 0 Å². The van der Waals surface area contributed by atoms with Crippen LogP contribution in [0.4, 0.5) is 9.59 Å². The standard InChI is InChI=1S/C20H36N2O6/c1-17(2)19(5,25)21(15(23)27-17)13-11-9-7-8-10-12-14-22-16(24)28-18(3,4)20(22,6)26/h25-26H,7-14H2,1-6H3. The number of aliphatic hydroxyl groups is 2. The Morgan fingerprint density at radius 1 is 0.643 bits per heavy atom. The van der Waals surface area contributed by atoms with Crippen LogP contribution in [0.1, 0.15) is 80.1 Å². The monoisotopic (exact) mass is 400 g/mol. The lowest BCUT2D eigenvalue weighted by molar-refractivity contribution is -0.127. The summed E-state index contributed by atoms with van der Waals surface area (Å²) in [6.07, 6.45) is 4.53. The molecule has 2 rings (SSSR count). The first kappa shape index (κ1) is 22.7. The van der Waals surface area contributed by atoms with Gasteiger partial charge in [0, 0.05) is 13.1 Å². The van der Waals surface area contributed by atoms with Crippen molar-refractivity contribution < 1.29 is 29.3 Å². The van der Waals surface area contributed by atoms with Gasteiger partial charge in [0.25, 0.3) is 0 Å². The van der Waals surface area contributed by atoms with Gasteiger partial charge in [-0.3, -0.25) is 9.80 Å². The maximum atomic E-state index is 11.9. The molecule has 0 aliphatic carbocycles. The van der Waals surface area contributed by atoms with Crippen molar-refractivity contribution in [3.05, 3.63) is 0 Å². The first-order valence-corrected chi connectivity index (χ1v) is 10.2. The molecule has 8 nitrogen and oxygen atoms in total. The van der Waals surface area contributed by atoms with Crippen molar-refractivity contribution in [2.24, 2.45) is 0 Å². The SMILES string of the molecule is CC1(C)OC(=O)N(CCCCCCCCN2C(=O)OC(C)(C)C2(C)O)C1(C)O. The number of nitrogens with zero attached hydrogens (tertiary/aromatic N) is 2. The highest BCUT2D eigenvalue weighted by atomic mass is 16.6. The minimum atomic E-state index is -1.31. The average Bonchev–Trinajstić information content (AvgIpc) is 2.78. The third kappa shape index (κ3) is 4.08. The zero-order valence-corrected chi connectivity index (χ0v) is 18.1. The first-order valence-electron chi connectivity index (χ1n) is 10.2. The van der Waals surface area contributed by atoms with Crippen molar-refractivity contribution in [1.82, 2.24) is 9.80 Å². The number of amides is 2. The number of rotatable bonds is 9. The maximum Gasteiger partial charge on any atom is 0.412 e.